The Morgan fingerprint density at radius 3 is 1.31 bits per heavy atom. The van der Waals surface area contributed by atoms with Crippen LogP contribution in [0.1, 0.15) is 0 Å². The van der Waals surface area contributed by atoms with E-state index >= 15 is 0 Å². The maximum Gasteiger partial charge on any atom is 0.0715 e. The number of nitrogens with zero attached hydrogens (tertiary/aromatic N) is 2. The lowest BCUT2D eigenvalue weighted by atomic mass is 9.96. The molecule has 3 heterocycles. The Morgan fingerprint density at radius 1 is 0.347 bits per heavy atom. The van der Waals surface area contributed by atoms with Gasteiger partial charge in [-0.1, -0.05) is 152 Å². The van der Waals surface area contributed by atoms with Crippen molar-refractivity contribution in [2.75, 3.05) is 0 Å². The molecule has 0 amide bonds. The summed E-state index contributed by atoms with van der Waals surface area (Å²) in [7, 11) is 0. The standard InChI is InChI=1S/C46H30N2S/c1-3-10-35(11-4-1)43-28-38(29-44(48-43)36-12-5-2-6-13-36)32-21-25-34(26-22-32)40-16-8-18-42-41-17-7-15-39(45(41)49-46(40)42)33-23-19-31(20-24-33)37-14-9-27-47-30-37/h1-30H. The van der Waals surface area contributed by atoms with Gasteiger partial charge in [-0.15, -0.1) is 11.3 Å². The van der Waals surface area contributed by atoms with E-state index in [9.17, 15) is 0 Å². The van der Waals surface area contributed by atoms with Crippen LogP contribution in [0.25, 0.3) is 87.2 Å². The minimum atomic E-state index is 0.971. The molecule has 0 fully saturated rings. The van der Waals surface area contributed by atoms with Crippen LogP contribution in [0.3, 0.4) is 0 Å². The minimum absolute atomic E-state index is 0.971. The molecule has 0 aliphatic heterocycles. The fraction of sp³-hybridized carbons (Fsp3) is 0. The Labute approximate surface area is 289 Å². The normalized spacial score (nSPS) is 11.3. The maximum atomic E-state index is 5.07. The average molecular weight is 643 g/mol. The van der Waals surface area contributed by atoms with Crippen LogP contribution in [0.4, 0.5) is 0 Å². The molecule has 230 valence electrons. The SMILES string of the molecule is c1ccc(-c2cc(-c3ccc(-c4cccc5c4sc4c(-c6ccc(-c7cccnc7)cc6)cccc45)cc3)cc(-c3ccccc3)n2)cc1. The molecule has 9 rings (SSSR count). The van der Waals surface area contributed by atoms with E-state index in [1.54, 1.807) is 0 Å². The molecule has 3 aromatic heterocycles. The molecule has 0 radical (unpaired) electrons. The highest BCUT2D eigenvalue weighted by atomic mass is 32.1. The van der Waals surface area contributed by atoms with E-state index in [2.05, 4.69) is 157 Å². The van der Waals surface area contributed by atoms with Gasteiger partial charge in [-0.3, -0.25) is 4.98 Å². The van der Waals surface area contributed by atoms with Crippen molar-refractivity contribution >= 4 is 31.5 Å². The molecular formula is C46H30N2S. The van der Waals surface area contributed by atoms with E-state index in [1.807, 2.05) is 41.9 Å². The van der Waals surface area contributed by atoms with Gasteiger partial charge in [0.15, 0.2) is 0 Å². The molecule has 49 heavy (non-hydrogen) atoms. The minimum Gasteiger partial charge on any atom is -0.264 e. The highest BCUT2D eigenvalue weighted by molar-refractivity contribution is 7.26. The molecular weight excluding hydrogens is 613 g/mol. The molecule has 0 aliphatic carbocycles. The number of aromatic nitrogens is 2. The Morgan fingerprint density at radius 2 is 0.816 bits per heavy atom. The summed E-state index contributed by atoms with van der Waals surface area (Å²) in [4.78, 5) is 9.35. The Balaban J connectivity index is 1.10. The van der Waals surface area contributed by atoms with Crippen molar-refractivity contribution < 1.29 is 0 Å². The van der Waals surface area contributed by atoms with Crippen LogP contribution in [0, 0.1) is 0 Å². The largest absolute Gasteiger partial charge is 0.264 e. The summed E-state index contributed by atoms with van der Waals surface area (Å²) in [6.07, 6.45) is 3.73. The molecule has 9 aromatic rings. The first-order valence-corrected chi connectivity index (χ1v) is 17.3. The van der Waals surface area contributed by atoms with Gasteiger partial charge in [0.2, 0.25) is 0 Å². The second-order valence-corrected chi connectivity index (χ2v) is 13.2. The molecule has 6 aromatic carbocycles. The van der Waals surface area contributed by atoms with Crippen LogP contribution in [0.15, 0.2) is 182 Å². The van der Waals surface area contributed by atoms with Gasteiger partial charge in [-0.25, -0.2) is 4.98 Å². The summed E-state index contributed by atoms with van der Waals surface area (Å²) in [6.45, 7) is 0. The molecule has 0 aliphatic rings. The fourth-order valence-electron chi connectivity index (χ4n) is 6.70. The second-order valence-electron chi connectivity index (χ2n) is 12.2. The van der Waals surface area contributed by atoms with Crippen molar-refractivity contribution in [2.45, 2.75) is 0 Å². The van der Waals surface area contributed by atoms with Gasteiger partial charge in [-0.05, 0) is 62.7 Å². The lowest BCUT2D eigenvalue weighted by molar-refractivity contribution is 1.32. The fourth-order valence-corrected chi connectivity index (χ4v) is 8.08. The summed E-state index contributed by atoms with van der Waals surface area (Å²) in [5.74, 6) is 0. The van der Waals surface area contributed by atoms with Gasteiger partial charge in [-0.2, -0.15) is 0 Å². The van der Waals surface area contributed by atoms with Gasteiger partial charge in [0.05, 0.1) is 11.4 Å². The molecule has 0 bridgehead atoms. The lowest BCUT2D eigenvalue weighted by Crippen LogP contribution is -1.91. The van der Waals surface area contributed by atoms with E-state index in [1.165, 1.54) is 53.6 Å². The average Bonchev–Trinajstić information content (AvgIpc) is 3.58. The van der Waals surface area contributed by atoms with Crippen LogP contribution in [0.5, 0.6) is 0 Å². The first-order valence-electron chi connectivity index (χ1n) is 16.5. The summed E-state index contributed by atoms with van der Waals surface area (Å²) in [5.41, 5.74) is 13.7. The van der Waals surface area contributed by atoms with Crippen LogP contribution in [-0.2, 0) is 0 Å². The van der Waals surface area contributed by atoms with Crippen LogP contribution < -0.4 is 0 Å². The molecule has 3 heteroatoms. The number of benzene rings is 6. The van der Waals surface area contributed by atoms with Gasteiger partial charge in [0.25, 0.3) is 0 Å². The number of rotatable bonds is 6. The summed E-state index contributed by atoms with van der Waals surface area (Å²) in [5, 5.41) is 2.59. The number of fused-ring (bicyclic) bond motifs is 3. The van der Waals surface area contributed by atoms with Gasteiger partial charge in [0.1, 0.15) is 0 Å². The first kappa shape index (κ1) is 29.0. The lowest BCUT2D eigenvalue weighted by Gasteiger charge is -2.11. The van der Waals surface area contributed by atoms with E-state index < -0.39 is 0 Å². The van der Waals surface area contributed by atoms with Gasteiger partial charge >= 0.3 is 0 Å². The zero-order valence-electron chi connectivity index (χ0n) is 26.6. The second kappa shape index (κ2) is 12.5. The Kier molecular flexibility index (Phi) is 7.38. The molecule has 0 spiro atoms. The molecule has 0 N–H and O–H groups in total. The maximum absolute atomic E-state index is 5.07. The van der Waals surface area contributed by atoms with E-state index in [4.69, 9.17) is 4.98 Å². The number of thiophene rings is 1. The third-order valence-electron chi connectivity index (χ3n) is 9.21. The van der Waals surface area contributed by atoms with Crippen molar-refractivity contribution in [3.8, 4) is 67.0 Å². The van der Waals surface area contributed by atoms with E-state index in [0.717, 1.165) is 33.6 Å². The molecule has 0 saturated carbocycles. The summed E-state index contributed by atoms with van der Waals surface area (Å²) >= 11 is 1.89. The monoisotopic (exact) mass is 642 g/mol. The van der Waals surface area contributed by atoms with Crippen LogP contribution in [0.2, 0.25) is 0 Å². The first-order chi connectivity index (χ1) is 24.3. The Hall–Kier alpha value is -6.16. The van der Waals surface area contributed by atoms with Crippen LogP contribution >= 0.6 is 11.3 Å². The van der Waals surface area contributed by atoms with E-state index in [-0.39, 0.29) is 0 Å². The molecule has 0 atom stereocenters. The topological polar surface area (TPSA) is 25.8 Å². The predicted molar refractivity (Wildman–Crippen MR) is 208 cm³/mol. The van der Waals surface area contributed by atoms with E-state index in [0.29, 0.717) is 0 Å². The number of hydrogen-bond acceptors (Lipinski definition) is 3. The quantitative estimate of drug-likeness (QED) is 0.180. The third-order valence-corrected chi connectivity index (χ3v) is 10.5. The van der Waals surface area contributed by atoms with Crippen LogP contribution in [-0.4, -0.2) is 9.97 Å². The van der Waals surface area contributed by atoms with Crippen molar-refractivity contribution in [3.05, 3.63) is 182 Å². The van der Waals surface area contributed by atoms with Gasteiger partial charge in [0, 0.05) is 43.7 Å². The van der Waals surface area contributed by atoms with Crippen molar-refractivity contribution in [1.29, 1.82) is 0 Å². The molecule has 0 unspecified atom stereocenters. The van der Waals surface area contributed by atoms with Gasteiger partial charge < -0.3 is 0 Å². The number of hydrogen-bond donors (Lipinski definition) is 0. The highest BCUT2D eigenvalue weighted by Crippen LogP contribution is 2.44. The summed E-state index contributed by atoms with van der Waals surface area (Å²) < 4.78 is 2.63. The molecule has 0 saturated heterocycles. The summed E-state index contributed by atoms with van der Waals surface area (Å²) in [6, 6.07) is 60.6. The number of pyridine rings is 2. The zero-order valence-corrected chi connectivity index (χ0v) is 27.4. The smallest absolute Gasteiger partial charge is 0.0715 e. The highest BCUT2D eigenvalue weighted by Gasteiger charge is 2.15. The molecule has 2 nitrogen and oxygen atoms in total. The predicted octanol–water partition coefficient (Wildman–Crippen LogP) is 12.8. The van der Waals surface area contributed by atoms with Crippen molar-refractivity contribution in [1.82, 2.24) is 9.97 Å². The van der Waals surface area contributed by atoms with Crippen molar-refractivity contribution in [2.24, 2.45) is 0 Å². The van der Waals surface area contributed by atoms with Crippen molar-refractivity contribution in [3.63, 3.8) is 0 Å². The third kappa shape index (κ3) is 5.50. The zero-order chi connectivity index (χ0) is 32.6. The Bertz CT molecular complexity index is 2500.